The Morgan fingerprint density at radius 3 is 2.85 bits per heavy atom. The molecule has 0 saturated carbocycles. The average molecular weight is 404 g/mol. The highest BCUT2D eigenvalue weighted by atomic mass is 35.5. The number of hydrogen-bond acceptors (Lipinski definition) is 4. The van der Waals surface area contributed by atoms with Crippen molar-refractivity contribution in [3.8, 4) is 5.75 Å². The molecule has 0 aliphatic heterocycles. The van der Waals surface area contributed by atoms with Crippen molar-refractivity contribution < 1.29 is 9.13 Å². The van der Waals surface area contributed by atoms with Crippen molar-refractivity contribution in [3.05, 3.63) is 82.9 Å². The highest BCUT2D eigenvalue weighted by molar-refractivity contribution is 7.98. The van der Waals surface area contributed by atoms with E-state index in [0.717, 1.165) is 5.56 Å². The van der Waals surface area contributed by atoms with E-state index in [9.17, 15) is 4.39 Å². The maximum Gasteiger partial charge on any atom is 0.191 e. The Morgan fingerprint density at radius 1 is 1.26 bits per heavy atom. The molecule has 7 heteroatoms. The molecule has 0 fully saturated rings. The summed E-state index contributed by atoms with van der Waals surface area (Å²) in [7, 11) is 0. The van der Waals surface area contributed by atoms with Gasteiger partial charge in [0.25, 0.3) is 0 Å². The first-order valence-electron chi connectivity index (χ1n) is 8.36. The van der Waals surface area contributed by atoms with Gasteiger partial charge in [-0.3, -0.25) is 4.57 Å². The second kappa shape index (κ2) is 9.06. The summed E-state index contributed by atoms with van der Waals surface area (Å²) in [5, 5.41) is 9.68. The SMILES string of the molecule is C=CCn1c(COc2cc(C)ccc2Cl)nnc1SCc1ccccc1F. The van der Waals surface area contributed by atoms with Crippen LogP contribution in [0.15, 0.2) is 60.3 Å². The molecule has 4 nitrogen and oxygen atoms in total. The summed E-state index contributed by atoms with van der Waals surface area (Å²) in [6.07, 6.45) is 1.76. The molecule has 0 atom stereocenters. The molecule has 0 aliphatic rings. The monoisotopic (exact) mass is 403 g/mol. The van der Waals surface area contributed by atoms with Crippen LogP contribution < -0.4 is 4.74 Å². The van der Waals surface area contributed by atoms with Crippen LogP contribution in [0.25, 0.3) is 0 Å². The maximum atomic E-state index is 13.8. The number of ether oxygens (including phenoxy) is 1. The summed E-state index contributed by atoms with van der Waals surface area (Å²) in [5.41, 5.74) is 1.68. The lowest BCUT2D eigenvalue weighted by molar-refractivity contribution is 0.289. The molecule has 0 saturated heterocycles. The van der Waals surface area contributed by atoms with E-state index in [4.69, 9.17) is 16.3 Å². The number of nitrogens with zero attached hydrogens (tertiary/aromatic N) is 3. The molecule has 3 rings (SSSR count). The predicted octanol–water partition coefficient (Wildman–Crippen LogP) is 5.44. The molecule has 0 radical (unpaired) electrons. The molecule has 0 N–H and O–H groups in total. The fraction of sp³-hybridized carbons (Fsp3) is 0.200. The third-order valence-corrected chi connectivity index (χ3v) is 5.19. The van der Waals surface area contributed by atoms with Crippen molar-refractivity contribution in [1.29, 1.82) is 0 Å². The van der Waals surface area contributed by atoms with E-state index in [1.54, 1.807) is 24.3 Å². The maximum absolute atomic E-state index is 13.8. The minimum absolute atomic E-state index is 0.225. The van der Waals surface area contributed by atoms with Crippen LogP contribution in [0.5, 0.6) is 5.75 Å². The van der Waals surface area contributed by atoms with Crippen molar-refractivity contribution >= 4 is 23.4 Å². The van der Waals surface area contributed by atoms with Gasteiger partial charge >= 0.3 is 0 Å². The minimum atomic E-state index is -0.225. The number of rotatable bonds is 8. The molecule has 0 spiro atoms. The van der Waals surface area contributed by atoms with E-state index < -0.39 is 0 Å². The summed E-state index contributed by atoms with van der Waals surface area (Å²) in [4.78, 5) is 0. The van der Waals surface area contributed by atoms with Crippen molar-refractivity contribution in [3.63, 3.8) is 0 Å². The average Bonchev–Trinajstić information content (AvgIpc) is 3.04. The molecule has 0 aliphatic carbocycles. The summed E-state index contributed by atoms with van der Waals surface area (Å²) in [6.45, 7) is 6.52. The number of hydrogen-bond donors (Lipinski definition) is 0. The normalized spacial score (nSPS) is 10.8. The lowest BCUT2D eigenvalue weighted by atomic mass is 10.2. The smallest absolute Gasteiger partial charge is 0.191 e. The van der Waals surface area contributed by atoms with E-state index in [1.165, 1.54) is 17.8 Å². The van der Waals surface area contributed by atoms with Gasteiger partial charge in [0.2, 0.25) is 0 Å². The van der Waals surface area contributed by atoms with Gasteiger partial charge in [-0.25, -0.2) is 4.39 Å². The van der Waals surface area contributed by atoms with Gasteiger partial charge in [-0.15, -0.1) is 16.8 Å². The molecule has 1 aromatic heterocycles. The summed E-state index contributed by atoms with van der Waals surface area (Å²) in [6, 6.07) is 12.3. The molecule has 140 valence electrons. The first-order chi connectivity index (χ1) is 13.1. The molecule has 0 amide bonds. The third kappa shape index (κ3) is 4.90. The molecule has 27 heavy (non-hydrogen) atoms. The Morgan fingerprint density at radius 2 is 2.07 bits per heavy atom. The number of thioether (sulfide) groups is 1. The van der Waals surface area contributed by atoms with Crippen LogP contribution in [0.1, 0.15) is 17.0 Å². The van der Waals surface area contributed by atoms with Gasteiger partial charge in [0, 0.05) is 12.3 Å². The van der Waals surface area contributed by atoms with Gasteiger partial charge in [0.1, 0.15) is 18.2 Å². The topological polar surface area (TPSA) is 39.9 Å². The van der Waals surface area contributed by atoms with Gasteiger partial charge in [0.15, 0.2) is 11.0 Å². The zero-order valence-electron chi connectivity index (χ0n) is 14.9. The summed E-state index contributed by atoms with van der Waals surface area (Å²) >= 11 is 7.60. The molecular weight excluding hydrogens is 385 g/mol. The lowest BCUT2D eigenvalue weighted by Gasteiger charge is -2.10. The van der Waals surface area contributed by atoms with E-state index in [-0.39, 0.29) is 12.4 Å². The lowest BCUT2D eigenvalue weighted by Crippen LogP contribution is -2.08. The van der Waals surface area contributed by atoms with E-state index in [2.05, 4.69) is 16.8 Å². The van der Waals surface area contributed by atoms with Gasteiger partial charge in [0.05, 0.1) is 5.02 Å². The number of halogens is 2. The van der Waals surface area contributed by atoms with Gasteiger partial charge < -0.3 is 4.74 Å². The molecule has 3 aromatic rings. The molecule has 0 unspecified atom stereocenters. The number of benzene rings is 2. The Kier molecular flexibility index (Phi) is 6.53. The minimum Gasteiger partial charge on any atom is -0.484 e. The Balaban J connectivity index is 1.73. The second-order valence-electron chi connectivity index (χ2n) is 5.90. The Hall–Kier alpha value is -2.31. The largest absolute Gasteiger partial charge is 0.484 e. The van der Waals surface area contributed by atoms with Crippen molar-refractivity contribution in [1.82, 2.24) is 14.8 Å². The fourth-order valence-corrected chi connectivity index (χ4v) is 3.59. The zero-order chi connectivity index (χ0) is 19.2. The fourth-order valence-electron chi connectivity index (χ4n) is 2.47. The Bertz CT molecular complexity index is 945. The molecule has 0 bridgehead atoms. The van der Waals surface area contributed by atoms with Crippen LogP contribution in [-0.2, 0) is 18.9 Å². The van der Waals surface area contributed by atoms with Crippen LogP contribution >= 0.6 is 23.4 Å². The van der Waals surface area contributed by atoms with Crippen molar-refractivity contribution in [2.45, 2.75) is 31.0 Å². The van der Waals surface area contributed by atoms with Crippen molar-refractivity contribution in [2.75, 3.05) is 0 Å². The van der Waals surface area contributed by atoms with Crippen molar-refractivity contribution in [2.24, 2.45) is 0 Å². The van der Waals surface area contributed by atoms with Crippen LogP contribution in [-0.4, -0.2) is 14.8 Å². The summed E-state index contributed by atoms with van der Waals surface area (Å²) in [5.74, 6) is 1.50. The van der Waals surface area contributed by atoms with Gasteiger partial charge in [-0.05, 0) is 36.2 Å². The Labute approximate surface area is 167 Å². The van der Waals surface area contributed by atoms with Gasteiger partial charge in [-0.1, -0.05) is 53.7 Å². The first-order valence-corrected chi connectivity index (χ1v) is 9.73. The number of aryl methyl sites for hydroxylation is 1. The van der Waals surface area contributed by atoms with E-state index in [1.807, 2.05) is 29.7 Å². The number of aromatic nitrogens is 3. The van der Waals surface area contributed by atoms with Crippen LogP contribution in [0.2, 0.25) is 5.02 Å². The quantitative estimate of drug-likeness (QED) is 0.371. The van der Waals surface area contributed by atoms with E-state index in [0.29, 0.717) is 39.6 Å². The van der Waals surface area contributed by atoms with Crippen LogP contribution in [0.4, 0.5) is 4.39 Å². The molecular formula is C20H19ClFN3OS. The highest BCUT2D eigenvalue weighted by Crippen LogP contribution is 2.27. The second-order valence-corrected chi connectivity index (χ2v) is 7.25. The highest BCUT2D eigenvalue weighted by Gasteiger charge is 2.14. The van der Waals surface area contributed by atoms with Gasteiger partial charge in [-0.2, -0.15) is 0 Å². The van der Waals surface area contributed by atoms with E-state index >= 15 is 0 Å². The zero-order valence-corrected chi connectivity index (χ0v) is 16.4. The van der Waals surface area contributed by atoms with Crippen LogP contribution in [0.3, 0.4) is 0 Å². The molecule has 2 aromatic carbocycles. The molecule has 1 heterocycles. The van der Waals surface area contributed by atoms with Crippen LogP contribution in [0, 0.1) is 12.7 Å². The summed E-state index contributed by atoms with van der Waals surface area (Å²) < 4.78 is 21.6. The number of allylic oxidation sites excluding steroid dienone is 1. The standard InChI is InChI=1S/C20H19ClFN3OS/c1-3-10-25-19(12-26-18-11-14(2)8-9-16(18)21)23-24-20(25)27-13-15-6-4-5-7-17(15)22/h3-9,11H,1,10,12-13H2,2H3. The predicted molar refractivity (Wildman–Crippen MR) is 107 cm³/mol. The first kappa shape index (κ1) is 19.5. The third-order valence-electron chi connectivity index (χ3n) is 3.86.